The highest BCUT2D eigenvalue weighted by atomic mass is 35.5. The zero-order chi connectivity index (χ0) is 12.3. The van der Waals surface area contributed by atoms with Gasteiger partial charge in [0, 0.05) is 6.04 Å². The van der Waals surface area contributed by atoms with Crippen molar-refractivity contribution in [2.45, 2.75) is 58.7 Å². The zero-order valence-electron chi connectivity index (χ0n) is 10.6. The molecule has 0 saturated carbocycles. The van der Waals surface area contributed by atoms with E-state index in [2.05, 4.69) is 24.0 Å². The summed E-state index contributed by atoms with van der Waals surface area (Å²) < 4.78 is 7.72. The quantitative estimate of drug-likeness (QED) is 0.766. The molecular weight excluding hydrogens is 226 g/mol. The van der Waals surface area contributed by atoms with Crippen LogP contribution in [0, 0.1) is 0 Å². The molecule has 0 atom stereocenters. The largest absolute Gasteiger partial charge is 0.368 e. The van der Waals surface area contributed by atoms with Crippen LogP contribution >= 0.6 is 11.6 Å². The number of halogens is 1. The number of hydrogen-bond acceptors (Lipinski definition) is 3. The Morgan fingerprint density at radius 2 is 1.81 bits per heavy atom. The van der Waals surface area contributed by atoms with E-state index < -0.39 is 0 Å². The van der Waals surface area contributed by atoms with Gasteiger partial charge in [-0.25, -0.2) is 0 Å². The molecule has 0 amide bonds. The average molecular weight is 246 g/mol. The fourth-order valence-corrected chi connectivity index (χ4v) is 1.61. The van der Waals surface area contributed by atoms with Crippen LogP contribution < -0.4 is 0 Å². The second-order valence-corrected chi connectivity index (χ2v) is 5.30. The smallest absolute Gasteiger partial charge is 0.159 e. The van der Waals surface area contributed by atoms with Gasteiger partial charge in [0.1, 0.15) is 12.4 Å². The van der Waals surface area contributed by atoms with Crippen LogP contribution in [-0.2, 0) is 17.2 Å². The normalized spacial score (nSPS) is 12.4. The van der Waals surface area contributed by atoms with Gasteiger partial charge in [-0.05, 0) is 34.6 Å². The fraction of sp³-hybridized carbons (Fsp3) is 0.818. The van der Waals surface area contributed by atoms with Crippen LogP contribution in [-0.4, -0.2) is 20.4 Å². The highest BCUT2D eigenvalue weighted by Crippen LogP contribution is 2.16. The summed E-state index contributed by atoms with van der Waals surface area (Å²) in [5.74, 6) is 2.01. The summed E-state index contributed by atoms with van der Waals surface area (Å²) in [7, 11) is 0. The van der Waals surface area contributed by atoms with Gasteiger partial charge in [0.2, 0.25) is 0 Å². The highest BCUT2D eigenvalue weighted by Gasteiger charge is 2.17. The van der Waals surface area contributed by atoms with Crippen molar-refractivity contribution in [3.05, 3.63) is 11.6 Å². The Labute approximate surface area is 102 Å². The Kier molecular flexibility index (Phi) is 4.33. The molecule has 0 saturated heterocycles. The maximum atomic E-state index is 5.82. The summed E-state index contributed by atoms with van der Waals surface area (Å²) in [5, 5.41) is 8.17. The van der Waals surface area contributed by atoms with E-state index in [-0.39, 0.29) is 5.60 Å². The summed E-state index contributed by atoms with van der Waals surface area (Å²) in [6.07, 6.45) is 0. The lowest BCUT2D eigenvalue weighted by Crippen LogP contribution is -2.21. The topological polar surface area (TPSA) is 39.9 Å². The molecule has 0 fully saturated rings. The standard InChI is InChI=1S/C11H20ClN3O/c1-8(2)15-9(6-12)13-14-10(15)7-16-11(3,4)5/h8H,6-7H2,1-5H3. The van der Waals surface area contributed by atoms with Crippen LogP contribution in [0.4, 0.5) is 0 Å². The molecule has 1 rings (SSSR count). The Morgan fingerprint density at radius 1 is 1.25 bits per heavy atom. The predicted octanol–water partition coefficient (Wildman–Crippen LogP) is 2.91. The molecule has 5 heteroatoms. The molecule has 0 radical (unpaired) electrons. The third-order valence-corrected chi connectivity index (χ3v) is 2.35. The number of hydrogen-bond donors (Lipinski definition) is 0. The van der Waals surface area contributed by atoms with Crippen LogP contribution in [0.25, 0.3) is 0 Å². The van der Waals surface area contributed by atoms with Gasteiger partial charge >= 0.3 is 0 Å². The molecule has 16 heavy (non-hydrogen) atoms. The van der Waals surface area contributed by atoms with E-state index in [9.17, 15) is 0 Å². The lowest BCUT2D eigenvalue weighted by Gasteiger charge is -2.20. The minimum absolute atomic E-state index is 0.172. The van der Waals surface area contributed by atoms with Gasteiger partial charge in [0.05, 0.1) is 11.5 Å². The first-order valence-electron chi connectivity index (χ1n) is 5.47. The van der Waals surface area contributed by atoms with E-state index in [0.29, 0.717) is 18.5 Å². The highest BCUT2D eigenvalue weighted by molar-refractivity contribution is 6.16. The third kappa shape index (κ3) is 3.46. The minimum atomic E-state index is -0.172. The number of rotatable bonds is 4. The molecule has 0 N–H and O–H groups in total. The van der Waals surface area contributed by atoms with Crippen molar-refractivity contribution in [1.82, 2.24) is 14.8 Å². The van der Waals surface area contributed by atoms with E-state index >= 15 is 0 Å². The van der Waals surface area contributed by atoms with Crippen molar-refractivity contribution >= 4 is 11.6 Å². The van der Waals surface area contributed by atoms with Crippen LogP contribution in [0.5, 0.6) is 0 Å². The van der Waals surface area contributed by atoms with Crippen molar-refractivity contribution < 1.29 is 4.74 Å². The fourth-order valence-electron chi connectivity index (χ4n) is 1.43. The first kappa shape index (κ1) is 13.5. The first-order valence-corrected chi connectivity index (χ1v) is 6.01. The third-order valence-electron chi connectivity index (χ3n) is 2.11. The van der Waals surface area contributed by atoms with Crippen molar-refractivity contribution in [2.24, 2.45) is 0 Å². The Hall–Kier alpha value is -0.610. The average Bonchev–Trinajstić information content (AvgIpc) is 2.56. The lowest BCUT2D eigenvalue weighted by atomic mass is 10.2. The Balaban J connectivity index is 2.84. The van der Waals surface area contributed by atoms with Crippen molar-refractivity contribution in [3.63, 3.8) is 0 Å². The van der Waals surface area contributed by atoms with E-state index in [0.717, 1.165) is 11.6 Å². The maximum Gasteiger partial charge on any atom is 0.159 e. The van der Waals surface area contributed by atoms with Crippen LogP contribution in [0.3, 0.4) is 0 Å². The van der Waals surface area contributed by atoms with Crippen molar-refractivity contribution in [2.75, 3.05) is 0 Å². The number of aromatic nitrogens is 3. The molecule has 0 bridgehead atoms. The molecule has 0 aromatic carbocycles. The minimum Gasteiger partial charge on any atom is -0.368 e. The monoisotopic (exact) mass is 245 g/mol. The zero-order valence-corrected chi connectivity index (χ0v) is 11.4. The maximum absolute atomic E-state index is 5.82. The van der Waals surface area contributed by atoms with Gasteiger partial charge in [0.15, 0.2) is 5.82 Å². The molecule has 0 unspecified atom stereocenters. The van der Waals surface area contributed by atoms with Crippen LogP contribution in [0.2, 0.25) is 0 Å². The molecule has 92 valence electrons. The molecule has 0 aliphatic carbocycles. The van der Waals surface area contributed by atoms with Gasteiger partial charge in [-0.3, -0.25) is 0 Å². The van der Waals surface area contributed by atoms with Gasteiger partial charge in [-0.15, -0.1) is 21.8 Å². The molecule has 0 aliphatic heterocycles. The van der Waals surface area contributed by atoms with Gasteiger partial charge in [0.25, 0.3) is 0 Å². The van der Waals surface area contributed by atoms with E-state index in [1.807, 2.05) is 25.3 Å². The summed E-state index contributed by atoms with van der Waals surface area (Å²) in [4.78, 5) is 0. The Bertz CT molecular complexity index is 341. The van der Waals surface area contributed by atoms with Gasteiger partial charge in [-0.2, -0.15) is 0 Å². The van der Waals surface area contributed by atoms with E-state index in [1.54, 1.807) is 0 Å². The lowest BCUT2D eigenvalue weighted by molar-refractivity contribution is -0.0197. The van der Waals surface area contributed by atoms with Gasteiger partial charge < -0.3 is 9.30 Å². The number of ether oxygens (including phenoxy) is 1. The van der Waals surface area contributed by atoms with Crippen LogP contribution in [0.15, 0.2) is 0 Å². The summed E-state index contributed by atoms with van der Waals surface area (Å²) in [6, 6.07) is 0.294. The van der Waals surface area contributed by atoms with Crippen molar-refractivity contribution in [1.29, 1.82) is 0 Å². The SMILES string of the molecule is CC(C)n1c(CCl)nnc1COC(C)(C)C. The molecule has 0 aliphatic rings. The second-order valence-electron chi connectivity index (χ2n) is 5.03. The van der Waals surface area contributed by atoms with E-state index in [1.165, 1.54) is 0 Å². The number of alkyl halides is 1. The molecular formula is C11H20ClN3O. The van der Waals surface area contributed by atoms with E-state index in [4.69, 9.17) is 16.3 Å². The summed E-state index contributed by atoms with van der Waals surface area (Å²) >= 11 is 5.82. The van der Waals surface area contributed by atoms with Crippen molar-refractivity contribution in [3.8, 4) is 0 Å². The first-order chi connectivity index (χ1) is 7.35. The van der Waals surface area contributed by atoms with Crippen LogP contribution in [0.1, 0.15) is 52.3 Å². The number of nitrogens with zero attached hydrogens (tertiary/aromatic N) is 3. The van der Waals surface area contributed by atoms with Gasteiger partial charge in [-0.1, -0.05) is 0 Å². The second kappa shape index (κ2) is 5.15. The Morgan fingerprint density at radius 3 is 2.25 bits per heavy atom. The predicted molar refractivity (Wildman–Crippen MR) is 64.5 cm³/mol. The molecule has 1 aromatic heterocycles. The molecule has 1 heterocycles. The molecule has 0 spiro atoms. The molecule has 4 nitrogen and oxygen atoms in total. The molecule has 1 aromatic rings. The summed E-state index contributed by atoms with van der Waals surface area (Å²) in [5.41, 5.74) is -0.172. The summed E-state index contributed by atoms with van der Waals surface area (Å²) in [6.45, 7) is 10.7.